The van der Waals surface area contributed by atoms with Crippen LogP contribution in [0.5, 0.6) is 0 Å². The number of nitrogens with one attached hydrogen (secondary N) is 1. The maximum atomic E-state index is 12.8. The lowest BCUT2D eigenvalue weighted by Gasteiger charge is -2.31. The Morgan fingerprint density at radius 2 is 1.90 bits per heavy atom. The van der Waals surface area contributed by atoms with Crippen LogP contribution in [0.25, 0.3) is 10.9 Å². The standard InChI is InChI=1S/C24H25N5O2/c1-16(2)29-15-19-13-20(7-8-22(19)27-29)26-23(30)17-9-11-28(12-10-17)24(31)21-6-4-3-5-18(21)14-25/h3-8,13,15-17H,9-12H2,1-2H3,(H,26,30). The Labute approximate surface area is 181 Å². The molecule has 3 aromatic rings. The quantitative estimate of drug-likeness (QED) is 0.698. The van der Waals surface area contributed by atoms with Crippen LogP contribution in [0.15, 0.2) is 48.7 Å². The third-order valence-electron chi connectivity index (χ3n) is 5.75. The van der Waals surface area contributed by atoms with E-state index in [9.17, 15) is 14.9 Å². The first kappa shape index (κ1) is 20.6. The Hall–Kier alpha value is -3.66. The van der Waals surface area contributed by atoms with Crippen LogP contribution >= 0.6 is 0 Å². The molecule has 158 valence electrons. The molecule has 0 bridgehead atoms. The van der Waals surface area contributed by atoms with Gasteiger partial charge in [0.2, 0.25) is 5.91 Å². The van der Waals surface area contributed by atoms with Gasteiger partial charge in [-0.25, -0.2) is 0 Å². The van der Waals surface area contributed by atoms with E-state index in [-0.39, 0.29) is 23.8 Å². The predicted octanol–water partition coefficient (Wildman–Crippen LogP) is 3.98. The monoisotopic (exact) mass is 415 g/mol. The van der Waals surface area contributed by atoms with E-state index in [0.717, 1.165) is 16.6 Å². The number of hydrogen-bond donors (Lipinski definition) is 1. The molecule has 2 aromatic carbocycles. The molecule has 2 amide bonds. The van der Waals surface area contributed by atoms with Gasteiger partial charge in [-0.1, -0.05) is 12.1 Å². The van der Waals surface area contributed by atoms with E-state index in [4.69, 9.17) is 0 Å². The highest BCUT2D eigenvalue weighted by Crippen LogP contribution is 2.24. The van der Waals surface area contributed by atoms with Gasteiger partial charge in [-0.2, -0.15) is 10.4 Å². The number of nitrogens with zero attached hydrogens (tertiary/aromatic N) is 4. The van der Waals surface area contributed by atoms with Crippen LogP contribution in [0.2, 0.25) is 0 Å². The molecule has 7 heteroatoms. The molecule has 31 heavy (non-hydrogen) atoms. The molecule has 1 saturated heterocycles. The summed E-state index contributed by atoms with van der Waals surface area (Å²) < 4.78 is 1.91. The van der Waals surface area contributed by atoms with Crippen LogP contribution in [-0.2, 0) is 4.79 Å². The number of piperidine rings is 1. The minimum atomic E-state index is -0.149. The molecule has 0 unspecified atom stereocenters. The largest absolute Gasteiger partial charge is 0.339 e. The second-order valence-corrected chi connectivity index (χ2v) is 8.19. The van der Waals surface area contributed by atoms with Crippen molar-refractivity contribution >= 4 is 28.4 Å². The molecule has 1 aliphatic heterocycles. The van der Waals surface area contributed by atoms with Crippen LogP contribution in [0.1, 0.15) is 48.7 Å². The molecule has 1 aromatic heterocycles. The van der Waals surface area contributed by atoms with Gasteiger partial charge in [0.25, 0.3) is 5.91 Å². The van der Waals surface area contributed by atoms with Crippen molar-refractivity contribution in [2.45, 2.75) is 32.7 Å². The van der Waals surface area contributed by atoms with E-state index < -0.39 is 0 Å². The van der Waals surface area contributed by atoms with Crippen molar-refractivity contribution in [2.24, 2.45) is 5.92 Å². The molecular formula is C24H25N5O2. The minimum absolute atomic E-state index is 0.0277. The van der Waals surface area contributed by atoms with E-state index >= 15 is 0 Å². The summed E-state index contributed by atoms with van der Waals surface area (Å²) in [5.41, 5.74) is 2.45. The zero-order chi connectivity index (χ0) is 22.0. The summed E-state index contributed by atoms with van der Waals surface area (Å²) in [6.45, 7) is 5.14. The van der Waals surface area contributed by atoms with Crippen LogP contribution in [0.3, 0.4) is 0 Å². The highest BCUT2D eigenvalue weighted by molar-refractivity contribution is 5.97. The van der Waals surface area contributed by atoms with Gasteiger partial charge in [-0.15, -0.1) is 0 Å². The van der Waals surface area contributed by atoms with Crippen LogP contribution in [-0.4, -0.2) is 39.6 Å². The van der Waals surface area contributed by atoms with Gasteiger partial charge in [0.1, 0.15) is 0 Å². The summed E-state index contributed by atoms with van der Waals surface area (Å²) in [5.74, 6) is -0.326. The highest BCUT2D eigenvalue weighted by atomic mass is 16.2. The number of benzene rings is 2. The smallest absolute Gasteiger partial charge is 0.255 e. The Morgan fingerprint density at radius 1 is 1.16 bits per heavy atom. The third kappa shape index (κ3) is 4.29. The van der Waals surface area contributed by atoms with Crippen molar-refractivity contribution in [3.05, 3.63) is 59.8 Å². The number of aromatic nitrogens is 2. The van der Waals surface area contributed by atoms with Crippen molar-refractivity contribution in [1.82, 2.24) is 14.7 Å². The zero-order valence-corrected chi connectivity index (χ0v) is 17.7. The first-order valence-electron chi connectivity index (χ1n) is 10.5. The summed E-state index contributed by atoms with van der Waals surface area (Å²) in [5, 5.41) is 17.8. The second-order valence-electron chi connectivity index (χ2n) is 8.19. The molecule has 1 fully saturated rings. The molecule has 1 aliphatic rings. The molecule has 0 aliphatic carbocycles. The van der Waals surface area contributed by atoms with Gasteiger partial charge in [0.15, 0.2) is 0 Å². The normalized spacial score (nSPS) is 14.6. The van der Waals surface area contributed by atoms with E-state index in [0.29, 0.717) is 37.1 Å². The fraction of sp³-hybridized carbons (Fsp3) is 0.333. The van der Waals surface area contributed by atoms with E-state index in [1.54, 1.807) is 29.2 Å². The number of amides is 2. The van der Waals surface area contributed by atoms with Crippen LogP contribution < -0.4 is 5.32 Å². The topological polar surface area (TPSA) is 91.0 Å². The zero-order valence-electron chi connectivity index (χ0n) is 17.7. The number of anilines is 1. The van der Waals surface area contributed by atoms with Crippen molar-refractivity contribution in [3.63, 3.8) is 0 Å². The lowest BCUT2D eigenvalue weighted by molar-refractivity contribution is -0.121. The molecule has 0 radical (unpaired) electrons. The van der Waals surface area contributed by atoms with Crippen molar-refractivity contribution < 1.29 is 9.59 Å². The average molecular weight is 415 g/mol. The number of carbonyl (C=O) groups excluding carboxylic acids is 2. The number of likely N-dealkylation sites (tertiary alicyclic amines) is 1. The molecule has 4 rings (SSSR count). The SMILES string of the molecule is CC(C)n1cc2cc(NC(=O)C3CCN(C(=O)c4ccccc4C#N)CC3)ccc2n1. The van der Waals surface area contributed by atoms with Crippen molar-refractivity contribution in [3.8, 4) is 6.07 Å². The number of nitriles is 1. The first-order valence-corrected chi connectivity index (χ1v) is 10.5. The Bertz CT molecular complexity index is 1170. The summed E-state index contributed by atoms with van der Waals surface area (Å²) in [6, 6.07) is 14.9. The van der Waals surface area contributed by atoms with Crippen molar-refractivity contribution in [1.29, 1.82) is 5.26 Å². The maximum absolute atomic E-state index is 12.8. The van der Waals surface area contributed by atoms with E-state index in [1.807, 2.05) is 29.1 Å². The Kier molecular flexibility index (Phi) is 5.72. The van der Waals surface area contributed by atoms with E-state index in [2.05, 4.69) is 30.3 Å². The lowest BCUT2D eigenvalue weighted by Crippen LogP contribution is -2.41. The Balaban J connectivity index is 1.38. The van der Waals surface area contributed by atoms with Gasteiger partial charge in [-0.3, -0.25) is 14.3 Å². The summed E-state index contributed by atoms with van der Waals surface area (Å²) in [6.07, 6.45) is 3.18. The average Bonchev–Trinajstić information content (AvgIpc) is 3.22. The molecule has 0 spiro atoms. The van der Waals surface area contributed by atoms with Gasteiger partial charge in [-0.05, 0) is 57.0 Å². The summed E-state index contributed by atoms with van der Waals surface area (Å²) in [4.78, 5) is 27.3. The highest BCUT2D eigenvalue weighted by Gasteiger charge is 2.28. The van der Waals surface area contributed by atoms with Gasteiger partial charge in [0.05, 0.1) is 22.7 Å². The van der Waals surface area contributed by atoms with Crippen LogP contribution in [0, 0.1) is 17.2 Å². The number of carbonyl (C=O) groups is 2. The first-order chi connectivity index (χ1) is 15.0. The Morgan fingerprint density at radius 3 is 2.61 bits per heavy atom. The number of fused-ring (bicyclic) bond motifs is 1. The number of hydrogen-bond acceptors (Lipinski definition) is 4. The third-order valence-corrected chi connectivity index (χ3v) is 5.75. The maximum Gasteiger partial charge on any atom is 0.255 e. The van der Waals surface area contributed by atoms with E-state index in [1.165, 1.54) is 0 Å². The van der Waals surface area contributed by atoms with Crippen molar-refractivity contribution in [2.75, 3.05) is 18.4 Å². The predicted molar refractivity (Wildman–Crippen MR) is 119 cm³/mol. The van der Waals surface area contributed by atoms with Gasteiger partial charge < -0.3 is 10.2 Å². The minimum Gasteiger partial charge on any atom is -0.339 e. The number of rotatable bonds is 4. The molecule has 0 atom stereocenters. The molecule has 2 heterocycles. The van der Waals surface area contributed by atoms with Gasteiger partial charge in [0, 0.05) is 42.3 Å². The summed E-state index contributed by atoms with van der Waals surface area (Å²) in [7, 11) is 0. The van der Waals surface area contributed by atoms with Gasteiger partial charge >= 0.3 is 0 Å². The fourth-order valence-electron chi connectivity index (χ4n) is 3.91. The molecular weight excluding hydrogens is 390 g/mol. The molecule has 0 saturated carbocycles. The molecule has 1 N–H and O–H groups in total. The second kappa shape index (κ2) is 8.60. The lowest BCUT2D eigenvalue weighted by atomic mass is 9.95. The van der Waals surface area contributed by atoms with Crippen LogP contribution in [0.4, 0.5) is 5.69 Å². The molecule has 7 nitrogen and oxygen atoms in total. The fourth-order valence-corrected chi connectivity index (χ4v) is 3.91. The summed E-state index contributed by atoms with van der Waals surface area (Å²) >= 11 is 0.